The number of amides is 1. The molecule has 0 fully saturated rings. The van der Waals surface area contributed by atoms with E-state index in [1.165, 1.54) is 0 Å². The third-order valence-electron chi connectivity index (χ3n) is 3.39. The number of halogens is 1. The molecule has 0 spiro atoms. The predicted molar refractivity (Wildman–Crippen MR) is 91.9 cm³/mol. The Labute approximate surface area is 141 Å². The number of hydrogen-bond acceptors (Lipinski definition) is 4. The van der Waals surface area contributed by atoms with Gasteiger partial charge in [0.2, 0.25) is 5.91 Å². The van der Waals surface area contributed by atoms with Crippen molar-refractivity contribution in [1.29, 1.82) is 0 Å². The van der Waals surface area contributed by atoms with Crippen LogP contribution in [0.5, 0.6) is 5.75 Å². The number of pyridine rings is 1. The molecular weight excluding hydrogens is 314 g/mol. The van der Waals surface area contributed by atoms with E-state index in [1.54, 1.807) is 25.6 Å². The number of aromatic nitrogens is 1. The predicted octanol–water partition coefficient (Wildman–Crippen LogP) is 3.17. The highest BCUT2D eigenvalue weighted by Crippen LogP contribution is 2.30. The van der Waals surface area contributed by atoms with Gasteiger partial charge < -0.3 is 15.4 Å². The summed E-state index contributed by atoms with van der Waals surface area (Å²) < 4.78 is 5.29. The molecule has 0 aliphatic heterocycles. The lowest BCUT2D eigenvalue weighted by Gasteiger charge is -2.13. The molecule has 6 heteroatoms. The van der Waals surface area contributed by atoms with Crippen LogP contribution in [0.2, 0.25) is 5.02 Å². The molecule has 2 aromatic rings. The van der Waals surface area contributed by atoms with E-state index in [4.69, 9.17) is 16.3 Å². The van der Waals surface area contributed by atoms with Crippen LogP contribution in [0.1, 0.15) is 17.5 Å². The van der Waals surface area contributed by atoms with Gasteiger partial charge in [0, 0.05) is 43.0 Å². The lowest BCUT2D eigenvalue weighted by molar-refractivity contribution is -0.121. The lowest BCUT2D eigenvalue weighted by atomic mass is 10.2. The summed E-state index contributed by atoms with van der Waals surface area (Å²) in [5.41, 5.74) is 2.81. The van der Waals surface area contributed by atoms with Gasteiger partial charge in [0.25, 0.3) is 0 Å². The normalized spacial score (nSPS) is 10.2. The Kier molecular flexibility index (Phi) is 6.23. The number of benzene rings is 1. The van der Waals surface area contributed by atoms with E-state index >= 15 is 0 Å². The molecule has 0 saturated carbocycles. The second kappa shape index (κ2) is 8.39. The van der Waals surface area contributed by atoms with Crippen LogP contribution in [0.15, 0.2) is 36.7 Å². The second-order valence-electron chi connectivity index (χ2n) is 5.11. The Morgan fingerprint density at radius 2 is 2.04 bits per heavy atom. The summed E-state index contributed by atoms with van der Waals surface area (Å²) >= 11 is 6.07. The summed E-state index contributed by atoms with van der Waals surface area (Å²) in [6, 6.07) is 7.43. The number of nitrogens with zero attached hydrogens (tertiary/aromatic N) is 1. The number of carbonyl (C=O) groups is 1. The number of carbonyl (C=O) groups excluding carboxylic acids is 1. The van der Waals surface area contributed by atoms with E-state index in [2.05, 4.69) is 15.6 Å². The summed E-state index contributed by atoms with van der Waals surface area (Å²) in [5, 5.41) is 6.74. The highest BCUT2D eigenvalue weighted by molar-refractivity contribution is 6.31. The number of aryl methyl sites for hydroxylation is 1. The summed E-state index contributed by atoms with van der Waals surface area (Å²) in [6.45, 7) is 2.94. The van der Waals surface area contributed by atoms with Crippen LogP contribution in [0.25, 0.3) is 0 Å². The fourth-order valence-corrected chi connectivity index (χ4v) is 2.22. The number of nitrogens with one attached hydrogen (secondary N) is 2. The van der Waals surface area contributed by atoms with Gasteiger partial charge in [-0.05, 0) is 36.2 Å². The zero-order valence-corrected chi connectivity index (χ0v) is 14.0. The first kappa shape index (κ1) is 17.1. The average molecular weight is 334 g/mol. The molecule has 0 aliphatic rings. The van der Waals surface area contributed by atoms with Crippen LogP contribution >= 0.6 is 11.6 Å². The monoisotopic (exact) mass is 333 g/mol. The molecule has 1 heterocycles. The first-order valence-corrected chi connectivity index (χ1v) is 7.71. The van der Waals surface area contributed by atoms with Gasteiger partial charge in [-0.1, -0.05) is 11.6 Å². The van der Waals surface area contributed by atoms with Crippen LogP contribution in [-0.4, -0.2) is 24.5 Å². The maximum atomic E-state index is 11.9. The first-order chi connectivity index (χ1) is 11.1. The topological polar surface area (TPSA) is 63.2 Å². The summed E-state index contributed by atoms with van der Waals surface area (Å²) in [7, 11) is 1.59. The van der Waals surface area contributed by atoms with Crippen molar-refractivity contribution in [1.82, 2.24) is 10.3 Å². The standard InChI is InChI=1S/C17H20ClN3O2/c1-12-9-15(16(23-2)10-14(12)18)20-8-5-17(22)21-11-13-3-6-19-7-4-13/h3-4,6-7,9-10,20H,5,8,11H2,1-2H3,(H,21,22). The minimum atomic E-state index is -0.0148. The lowest BCUT2D eigenvalue weighted by Crippen LogP contribution is -2.24. The molecular formula is C17H20ClN3O2. The summed E-state index contributed by atoms with van der Waals surface area (Å²) in [6.07, 6.45) is 3.78. The van der Waals surface area contributed by atoms with Gasteiger partial charge in [-0.2, -0.15) is 0 Å². The van der Waals surface area contributed by atoms with E-state index in [9.17, 15) is 4.79 Å². The SMILES string of the molecule is COc1cc(Cl)c(C)cc1NCCC(=O)NCc1ccncc1. The van der Waals surface area contributed by atoms with E-state index in [1.807, 2.05) is 25.1 Å². The molecule has 2 N–H and O–H groups in total. The van der Waals surface area contributed by atoms with E-state index in [-0.39, 0.29) is 5.91 Å². The van der Waals surface area contributed by atoms with Crippen molar-refractivity contribution >= 4 is 23.2 Å². The average Bonchev–Trinajstić information content (AvgIpc) is 2.57. The van der Waals surface area contributed by atoms with Gasteiger partial charge in [-0.25, -0.2) is 0 Å². The third-order valence-corrected chi connectivity index (χ3v) is 3.79. The van der Waals surface area contributed by atoms with Crippen molar-refractivity contribution in [2.75, 3.05) is 19.0 Å². The maximum absolute atomic E-state index is 11.9. The van der Waals surface area contributed by atoms with Crippen molar-refractivity contribution in [2.45, 2.75) is 19.9 Å². The molecule has 2 rings (SSSR count). The van der Waals surface area contributed by atoms with Crippen LogP contribution in [0.3, 0.4) is 0 Å². The molecule has 0 unspecified atom stereocenters. The Morgan fingerprint density at radius 3 is 2.74 bits per heavy atom. The molecule has 1 aromatic carbocycles. The highest BCUT2D eigenvalue weighted by Gasteiger charge is 2.07. The minimum Gasteiger partial charge on any atom is -0.495 e. The summed E-state index contributed by atoms with van der Waals surface area (Å²) in [4.78, 5) is 15.8. The van der Waals surface area contributed by atoms with Crippen molar-refractivity contribution < 1.29 is 9.53 Å². The van der Waals surface area contributed by atoms with Crippen molar-refractivity contribution in [2.24, 2.45) is 0 Å². The van der Waals surface area contributed by atoms with Gasteiger partial charge >= 0.3 is 0 Å². The largest absolute Gasteiger partial charge is 0.495 e. The van der Waals surface area contributed by atoms with Crippen LogP contribution in [0.4, 0.5) is 5.69 Å². The van der Waals surface area contributed by atoms with Gasteiger partial charge in [0.1, 0.15) is 5.75 Å². The van der Waals surface area contributed by atoms with Crippen molar-refractivity contribution in [3.63, 3.8) is 0 Å². The van der Waals surface area contributed by atoms with Crippen LogP contribution in [0, 0.1) is 6.92 Å². The molecule has 0 atom stereocenters. The Morgan fingerprint density at radius 1 is 1.30 bits per heavy atom. The molecule has 1 amide bonds. The number of anilines is 1. The highest BCUT2D eigenvalue weighted by atomic mass is 35.5. The van der Waals surface area contributed by atoms with Crippen LogP contribution in [-0.2, 0) is 11.3 Å². The Bertz CT molecular complexity index is 662. The van der Waals surface area contributed by atoms with E-state index < -0.39 is 0 Å². The van der Waals surface area contributed by atoms with E-state index in [0.29, 0.717) is 30.3 Å². The zero-order valence-electron chi connectivity index (χ0n) is 13.2. The van der Waals surface area contributed by atoms with Crippen molar-refractivity contribution in [3.8, 4) is 5.75 Å². The molecule has 0 saturated heterocycles. The quantitative estimate of drug-likeness (QED) is 0.817. The van der Waals surface area contributed by atoms with Gasteiger partial charge in [0.15, 0.2) is 0 Å². The fraction of sp³-hybridized carbons (Fsp3) is 0.294. The van der Waals surface area contributed by atoms with Crippen molar-refractivity contribution in [3.05, 3.63) is 52.8 Å². The zero-order chi connectivity index (χ0) is 16.7. The molecule has 5 nitrogen and oxygen atoms in total. The smallest absolute Gasteiger partial charge is 0.222 e. The van der Waals surface area contributed by atoms with Gasteiger partial charge in [-0.3, -0.25) is 9.78 Å². The van der Waals surface area contributed by atoms with Gasteiger partial charge in [0.05, 0.1) is 12.8 Å². The minimum absolute atomic E-state index is 0.0148. The number of methoxy groups -OCH3 is 1. The number of hydrogen-bond donors (Lipinski definition) is 2. The maximum Gasteiger partial charge on any atom is 0.222 e. The first-order valence-electron chi connectivity index (χ1n) is 7.33. The van der Waals surface area contributed by atoms with Crippen LogP contribution < -0.4 is 15.4 Å². The molecule has 0 aliphatic carbocycles. The molecule has 0 bridgehead atoms. The second-order valence-corrected chi connectivity index (χ2v) is 5.52. The van der Waals surface area contributed by atoms with E-state index in [0.717, 1.165) is 16.8 Å². The molecule has 23 heavy (non-hydrogen) atoms. The molecule has 1 aromatic heterocycles. The fourth-order valence-electron chi connectivity index (χ4n) is 2.07. The van der Waals surface area contributed by atoms with Gasteiger partial charge in [-0.15, -0.1) is 0 Å². The number of rotatable bonds is 7. The molecule has 0 radical (unpaired) electrons. The Balaban J connectivity index is 1.80. The number of ether oxygens (including phenoxy) is 1. The Hall–Kier alpha value is -2.27. The third kappa shape index (κ3) is 5.14. The molecule has 122 valence electrons. The summed E-state index contributed by atoms with van der Waals surface area (Å²) in [5.74, 6) is 0.650.